The van der Waals surface area contributed by atoms with E-state index in [1.54, 1.807) is 0 Å². The molecule has 41 heavy (non-hydrogen) atoms. The van der Waals surface area contributed by atoms with E-state index in [0.717, 1.165) is 53.6 Å². The molecule has 0 amide bonds. The normalized spacial score (nSPS) is 21.9. The van der Waals surface area contributed by atoms with Crippen LogP contribution in [0.2, 0.25) is 0 Å². The standard InChI is InChI=1S/C35H52O6/c1-5-7-26-9-11-27(12-10-26)21-38-31-15-13-28(14-16-31)32-19-30(17-18-36)33(20-29(32)8-6-2)39-23-35(22-37)24-40-34(3,4)41-25-35/h13-16,19-20,26-27,36-37H,5-12,17-18,21-25H2,1-4H3. The molecule has 0 aromatic heterocycles. The molecule has 2 aromatic rings. The van der Waals surface area contributed by atoms with Crippen LogP contribution < -0.4 is 9.47 Å². The van der Waals surface area contributed by atoms with Gasteiger partial charge in [0.25, 0.3) is 0 Å². The molecule has 1 saturated heterocycles. The molecule has 0 unspecified atom stereocenters. The maximum absolute atomic E-state index is 10.2. The summed E-state index contributed by atoms with van der Waals surface area (Å²) >= 11 is 0. The van der Waals surface area contributed by atoms with Gasteiger partial charge in [-0.1, -0.05) is 58.1 Å². The average Bonchev–Trinajstić information content (AvgIpc) is 2.98. The number of aryl methyl sites for hydroxylation is 1. The molecule has 0 atom stereocenters. The lowest BCUT2D eigenvalue weighted by Crippen LogP contribution is -2.51. The van der Waals surface area contributed by atoms with E-state index in [9.17, 15) is 10.2 Å². The largest absolute Gasteiger partial charge is 0.493 e. The van der Waals surface area contributed by atoms with Crippen LogP contribution in [0.4, 0.5) is 0 Å². The van der Waals surface area contributed by atoms with Crippen LogP contribution in [-0.4, -0.2) is 55.6 Å². The van der Waals surface area contributed by atoms with Gasteiger partial charge in [0.15, 0.2) is 5.79 Å². The highest BCUT2D eigenvalue weighted by Gasteiger charge is 2.40. The van der Waals surface area contributed by atoms with Gasteiger partial charge in [0.1, 0.15) is 18.1 Å². The Kier molecular flexibility index (Phi) is 11.5. The molecule has 2 N–H and O–H groups in total. The van der Waals surface area contributed by atoms with E-state index in [4.69, 9.17) is 18.9 Å². The molecule has 0 spiro atoms. The van der Waals surface area contributed by atoms with Gasteiger partial charge in [-0.25, -0.2) is 0 Å². The number of hydrogen-bond acceptors (Lipinski definition) is 6. The lowest BCUT2D eigenvalue weighted by atomic mass is 9.80. The van der Waals surface area contributed by atoms with E-state index >= 15 is 0 Å². The third-order valence-electron chi connectivity index (χ3n) is 8.82. The van der Waals surface area contributed by atoms with Gasteiger partial charge < -0.3 is 29.2 Å². The summed E-state index contributed by atoms with van der Waals surface area (Å²) in [6, 6.07) is 12.7. The predicted octanol–water partition coefficient (Wildman–Crippen LogP) is 6.97. The van der Waals surface area contributed by atoms with Crippen molar-refractivity contribution in [2.75, 3.05) is 39.6 Å². The first-order chi connectivity index (χ1) is 19.8. The van der Waals surface area contributed by atoms with Gasteiger partial charge in [0.2, 0.25) is 0 Å². The van der Waals surface area contributed by atoms with Crippen molar-refractivity contribution in [3.8, 4) is 22.6 Å². The van der Waals surface area contributed by atoms with Crippen molar-refractivity contribution in [3.05, 3.63) is 47.5 Å². The summed E-state index contributed by atoms with van der Waals surface area (Å²) in [6.45, 7) is 9.96. The smallest absolute Gasteiger partial charge is 0.162 e. The number of benzene rings is 2. The summed E-state index contributed by atoms with van der Waals surface area (Å²) in [6.07, 6.45) is 10.3. The summed E-state index contributed by atoms with van der Waals surface area (Å²) in [5, 5.41) is 20.0. The SMILES string of the molecule is CCCc1cc(OCC2(CO)COC(C)(C)OC2)c(CCO)cc1-c1ccc(OCC2CCC(CCC)CC2)cc1. The first-order valence-electron chi connectivity index (χ1n) is 15.8. The van der Waals surface area contributed by atoms with Crippen LogP contribution in [-0.2, 0) is 22.3 Å². The molecule has 228 valence electrons. The van der Waals surface area contributed by atoms with Crippen molar-refractivity contribution in [1.29, 1.82) is 0 Å². The highest BCUT2D eigenvalue weighted by Crippen LogP contribution is 2.36. The molecule has 0 bridgehead atoms. The van der Waals surface area contributed by atoms with Crippen LogP contribution in [0, 0.1) is 17.3 Å². The van der Waals surface area contributed by atoms with E-state index in [1.165, 1.54) is 44.1 Å². The Bertz CT molecular complexity index is 1060. The molecule has 1 aliphatic heterocycles. The number of ether oxygens (including phenoxy) is 4. The zero-order valence-corrected chi connectivity index (χ0v) is 25.8. The Morgan fingerprint density at radius 2 is 1.51 bits per heavy atom. The Morgan fingerprint density at radius 1 is 0.829 bits per heavy atom. The summed E-state index contributed by atoms with van der Waals surface area (Å²) in [5.74, 6) is 2.59. The second-order valence-corrected chi connectivity index (χ2v) is 12.8. The van der Waals surface area contributed by atoms with E-state index in [-0.39, 0.29) is 19.8 Å². The first kappa shape index (κ1) is 31.8. The zero-order chi connectivity index (χ0) is 29.3. The second-order valence-electron chi connectivity index (χ2n) is 12.8. The highest BCUT2D eigenvalue weighted by atomic mass is 16.7. The topological polar surface area (TPSA) is 77.4 Å². The average molecular weight is 569 g/mol. The molecular weight excluding hydrogens is 516 g/mol. The minimum absolute atomic E-state index is 0.0294. The quantitative estimate of drug-likeness (QED) is 0.256. The van der Waals surface area contributed by atoms with Crippen molar-refractivity contribution in [1.82, 2.24) is 0 Å². The molecule has 0 radical (unpaired) electrons. The van der Waals surface area contributed by atoms with E-state index in [0.29, 0.717) is 25.6 Å². The fourth-order valence-electron chi connectivity index (χ4n) is 6.09. The van der Waals surface area contributed by atoms with E-state index < -0.39 is 11.2 Å². The fourth-order valence-corrected chi connectivity index (χ4v) is 6.09. The Labute approximate surface area is 247 Å². The van der Waals surface area contributed by atoms with Crippen LogP contribution >= 0.6 is 0 Å². The zero-order valence-electron chi connectivity index (χ0n) is 25.8. The maximum atomic E-state index is 10.2. The fraction of sp³-hybridized carbons (Fsp3) is 0.657. The molecular formula is C35H52O6. The number of aliphatic hydroxyl groups excluding tert-OH is 2. The highest BCUT2D eigenvalue weighted by molar-refractivity contribution is 5.70. The van der Waals surface area contributed by atoms with Gasteiger partial charge in [0.05, 0.1) is 31.8 Å². The molecule has 6 heteroatoms. The molecule has 4 rings (SSSR count). The van der Waals surface area contributed by atoms with Crippen LogP contribution in [0.5, 0.6) is 11.5 Å². The van der Waals surface area contributed by atoms with Crippen molar-refractivity contribution in [3.63, 3.8) is 0 Å². The van der Waals surface area contributed by atoms with Gasteiger partial charge in [-0.15, -0.1) is 0 Å². The third-order valence-corrected chi connectivity index (χ3v) is 8.82. The molecule has 2 aromatic carbocycles. The van der Waals surface area contributed by atoms with Crippen molar-refractivity contribution < 1.29 is 29.2 Å². The Morgan fingerprint density at radius 3 is 2.12 bits per heavy atom. The van der Waals surface area contributed by atoms with Gasteiger partial charge >= 0.3 is 0 Å². The van der Waals surface area contributed by atoms with Crippen LogP contribution in [0.15, 0.2) is 36.4 Å². The van der Waals surface area contributed by atoms with Crippen molar-refractivity contribution >= 4 is 0 Å². The molecule has 2 aliphatic rings. The Balaban J connectivity index is 1.45. The summed E-state index contributed by atoms with van der Waals surface area (Å²) in [5.41, 5.74) is 3.82. The molecule has 2 fully saturated rings. The van der Waals surface area contributed by atoms with Crippen molar-refractivity contribution in [2.45, 2.75) is 91.3 Å². The molecule has 1 heterocycles. The van der Waals surface area contributed by atoms with Crippen LogP contribution in [0.1, 0.15) is 83.8 Å². The molecule has 1 aliphatic carbocycles. The maximum Gasteiger partial charge on any atom is 0.162 e. The Hall–Kier alpha value is -2.12. The second kappa shape index (κ2) is 14.9. The first-order valence-corrected chi connectivity index (χ1v) is 15.8. The lowest BCUT2D eigenvalue weighted by Gasteiger charge is -2.42. The summed E-state index contributed by atoms with van der Waals surface area (Å²) < 4.78 is 24.2. The lowest BCUT2D eigenvalue weighted by molar-refractivity contribution is -0.293. The molecule has 6 nitrogen and oxygen atoms in total. The number of hydrogen-bond donors (Lipinski definition) is 2. The monoisotopic (exact) mass is 568 g/mol. The number of rotatable bonds is 14. The van der Waals surface area contributed by atoms with Crippen LogP contribution in [0.3, 0.4) is 0 Å². The minimum atomic E-state index is -0.662. The van der Waals surface area contributed by atoms with Gasteiger partial charge in [-0.2, -0.15) is 0 Å². The van der Waals surface area contributed by atoms with E-state index in [1.807, 2.05) is 13.8 Å². The minimum Gasteiger partial charge on any atom is -0.493 e. The predicted molar refractivity (Wildman–Crippen MR) is 164 cm³/mol. The van der Waals surface area contributed by atoms with Crippen molar-refractivity contribution in [2.24, 2.45) is 17.3 Å². The van der Waals surface area contributed by atoms with Crippen LogP contribution in [0.25, 0.3) is 11.1 Å². The summed E-state index contributed by atoms with van der Waals surface area (Å²) in [4.78, 5) is 0. The number of aliphatic hydroxyl groups is 2. The summed E-state index contributed by atoms with van der Waals surface area (Å²) in [7, 11) is 0. The third kappa shape index (κ3) is 8.70. The van der Waals surface area contributed by atoms with Gasteiger partial charge in [0, 0.05) is 6.61 Å². The molecule has 1 saturated carbocycles. The van der Waals surface area contributed by atoms with Gasteiger partial charge in [-0.05, 0) is 97.9 Å². The van der Waals surface area contributed by atoms with Gasteiger partial charge in [-0.3, -0.25) is 0 Å². The van der Waals surface area contributed by atoms with E-state index in [2.05, 4.69) is 50.2 Å².